The molecule has 4 nitrogen and oxygen atoms in total. The number of para-hydroxylation sites is 5. The van der Waals surface area contributed by atoms with E-state index in [0.29, 0.717) is 0 Å². The Balaban J connectivity index is 1.58. The van der Waals surface area contributed by atoms with E-state index in [9.17, 15) is 0 Å². The maximum absolute atomic E-state index is 7.09. The molecule has 2 aliphatic heterocycles. The summed E-state index contributed by atoms with van der Waals surface area (Å²) in [7, 11) is 0. The van der Waals surface area contributed by atoms with Gasteiger partial charge in [0.25, 0.3) is 0 Å². The highest BCUT2D eigenvalue weighted by Crippen LogP contribution is 2.60. The van der Waals surface area contributed by atoms with Crippen LogP contribution in [0, 0.1) is 0 Å². The Labute approximate surface area is 199 Å². The third-order valence-electron chi connectivity index (χ3n) is 6.64. The molecule has 4 aromatic rings. The summed E-state index contributed by atoms with van der Waals surface area (Å²) in [6, 6.07) is 40.1. The molecule has 0 radical (unpaired) electrons. The first-order valence-corrected chi connectivity index (χ1v) is 11.6. The average molecular weight is 442 g/mol. The molecule has 0 N–H and O–H groups in total. The Morgan fingerprint density at radius 3 is 1.44 bits per heavy atom. The highest BCUT2D eigenvalue weighted by molar-refractivity contribution is 5.92. The van der Waals surface area contributed by atoms with Crippen molar-refractivity contribution in [3.8, 4) is 0 Å². The quantitative estimate of drug-likeness (QED) is 0.332. The number of allylic oxidation sites excluding steroid dienone is 2. The van der Waals surface area contributed by atoms with Crippen molar-refractivity contribution in [1.82, 2.24) is 0 Å². The first-order valence-electron chi connectivity index (χ1n) is 11.6. The van der Waals surface area contributed by atoms with Gasteiger partial charge in [0.1, 0.15) is 5.76 Å². The zero-order valence-corrected chi connectivity index (χ0v) is 18.6. The summed E-state index contributed by atoms with van der Waals surface area (Å²) in [5.41, 5.74) is 6.50. The number of rotatable bonds is 3. The Hall–Kier alpha value is -4.44. The third-order valence-corrected chi connectivity index (χ3v) is 6.64. The van der Waals surface area contributed by atoms with Crippen LogP contribution in [0.4, 0.5) is 28.4 Å². The van der Waals surface area contributed by atoms with Gasteiger partial charge < -0.3 is 4.74 Å². The number of ether oxygens (including phenoxy) is 1. The minimum Gasteiger partial charge on any atom is -0.430 e. The van der Waals surface area contributed by atoms with Gasteiger partial charge in [0.05, 0.1) is 17.1 Å². The van der Waals surface area contributed by atoms with Gasteiger partial charge in [-0.25, -0.2) is 0 Å². The molecule has 1 saturated heterocycles. The normalized spacial score (nSPS) is 17.4. The van der Waals surface area contributed by atoms with Crippen molar-refractivity contribution in [1.29, 1.82) is 0 Å². The van der Waals surface area contributed by atoms with Gasteiger partial charge in [-0.1, -0.05) is 72.8 Å². The molecule has 4 heteroatoms. The SMILES string of the molecule is C1=C2OC3(N(c4ccccc4)C2=CC1)N(c1ccccc1)c1ccccc1N3c1ccccc1. The van der Waals surface area contributed by atoms with Gasteiger partial charge in [0.15, 0.2) is 0 Å². The van der Waals surface area contributed by atoms with E-state index in [1.807, 2.05) is 0 Å². The van der Waals surface area contributed by atoms with E-state index in [4.69, 9.17) is 4.74 Å². The van der Waals surface area contributed by atoms with Crippen LogP contribution in [0.3, 0.4) is 0 Å². The lowest BCUT2D eigenvalue weighted by atomic mass is 10.2. The second-order valence-electron chi connectivity index (χ2n) is 8.57. The highest BCUT2D eigenvalue weighted by atomic mass is 16.6. The smallest absolute Gasteiger partial charge is 0.367 e. The molecule has 2 heterocycles. The Morgan fingerprint density at radius 2 is 0.941 bits per heavy atom. The fourth-order valence-electron chi connectivity index (χ4n) is 5.33. The second-order valence-corrected chi connectivity index (χ2v) is 8.57. The molecule has 0 atom stereocenters. The number of benzene rings is 4. The predicted octanol–water partition coefficient (Wildman–Crippen LogP) is 7.30. The lowest BCUT2D eigenvalue weighted by Crippen LogP contribution is -2.63. The van der Waals surface area contributed by atoms with E-state index < -0.39 is 5.97 Å². The minimum absolute atomic E-state index is 0.869. The minimum atomic E-state index is -0.980. The molecule has 164 valence electrons. The van der Waals surface area contributed by atoms with Crippen LogP contribution in [0.25, 0.3) is 0 Å². The molecule has 1 fully saturated rings. The molecule has 34 heavy (non-hydrogen) atoms. The Bertz CT molecular complexity index is 1350. The topological polar surface area (TPSA) is 19.0 Å². The summed E-state index contributed by atoms with van der Waals surface area (Å²) in [6.45, 7) is 0. The first kappa shape index (κ1) is 19.1. The molecule has 0 aromatic heterocycles. The molecule has 0 unspecified atom stereocenters. The first-order chi connectivity index (χ1) is 16.9. The van der Waals surface area contributed by atoms with Crippen molar-refractivity contribution in [3.05, 3.63) is 139 Å². The number of fused-ring (bicyclic) bond motifs is 2. The summed E-state index contributed by atoms with van der Waals surface area (Å²) in [6.07, 6.45) is 5.30. The zero-order valence-electron chi connectivity index (χ0n) is 18.6. The van der Waals surface area contributed by atoms with Gasteiger partial charge in [-0.05, 0) is 61.0 Å². The number of nitrogens with zero attached hydrogens (tertiary/aromatic N) is 3. The number of hydrogen-bond acceptors (Lipinski definition) is 4. The molecule has 1 aliphatic carbocycles. The fraction of sp³-hybridized carbons (Fsp3) is 0.0667. The summed E-state index contributed by atoms with van der Waals surface area (Å²) in [4.78, 5) is 6.98. The third kappa shape index (κ3) is 2.54. The summed E-state index contributed by atoms with van der Waals surface area (Å²) in [5, 5.41) is 0. The van der Waals surface area contributed by atoms with Crippen molar-refractivity contribution in [3.63, 3.8) is 0 Å². The zero-order chi connectivity index (χ0) is 22.5. The van der Waals surface area contributed by atoms with Crippen molar-refractivity contribution in [2.45, 2.75) is 12.4 Å². The molecule has 0 saturated carbocycles. The number of anilines is 5. The maximum atomic E-state index is 7.09. The van der Waals surface area contributed by atoms with Crippen LogP contribution in [0.15, 0.2) is 139 Å². The molecule has 0 bridgehead atoms. The Kier molecular flexibility index (Phi) is 4.09. The summed E-state index contributed by atoms with van der Waals surface area (Å²) >= 11 is 0. The van der Waals surface area contributed by atoms with E-state index in [1.165, 1.54) is 0 Å². The molecule has 7 rings (SSSR count). The van der Waals surface area contributed by atoms with Crippen LogP contribution in [-0.2, 0) is 4.74 Å². The average Bonchev–Trinajstić information content (AvgIpc) is 3.55. The lowest BCUT2D eigenvalue weighted by molar-refractivity contribution is 0.0600. The standard InChI is InChI=1S/C30H23N3O/c1-4-13-23(14-5-1)31-26-19-10-11-20-27(26)32(24-15-6-2-7-16-24)30(31)33(25-17-8-3-9-18-25)28-21-12-22-29(28)34-30/h1-11,13-22H,12H2. The number of hydrogen-bond donors (Lipinski definition) is 0. The van der Waals surface area contributed by atoms with Gasteiger partial charge in [0, 0.05) is 17.1 Å². The fourth-order valence-corrected chi connectivity index (χ4v) is 5.33. The Morgan fingerprint density at radius 1 is 0.500 bits per heavy atom. The van der Waals surface area contributed by atoms with Gasteiger partial charge in [-0.2, -0.15) is 0 Å². The van der Waals surface area contributed by atoms with E-state index in [-0.39, 0.29) is 0 Å². The van der Waals surface area contributed by atoms with Gasteiger partial charge in [0.2, 0.25) is 0 Å². The molecular weight excluding hydrogens is 418 g/mol. The van der Waals surface area contributed by atoms with Crippen LogP contribution in [-0.4, -0.2) is 5.97 Å². The predicted molar refractivity (Wildman–Crippen MR) is 137 cm³/mol. The van der Waals surface area contributed by atoms with Crippen LogP contribution < -0.4 is 14.7 Å². The van der Waals surface area contributed by atoms with E-state index >= 15 is 0 Å². The maximum Gasteiger partial charge on any atom is 0.367 e. The van der Waals surface area contributed by atoms with Crippen LogP contribution >= 0.6 is 0 Å². The largest absolute Gasteiger partial charge is 0.430 e. The van der Waals surface area contributed by atoms with Crippen LogP contribution in [0.1, 0.15) is 6.42 Å². The van der Waals surface area contributed by atoms with Crippen LogP contribution in [0.2, 0.25) is 0 Å². The van der Waals surface area contributed by atoms with E-state index in [2.05, 4.69) is 142 Å². The molecule has 1 spiro atoms. The molecule has 4 aromatic carbocycles. The van der Waals surface area contributed by atoms with Crippen molar-refractivity contribution >= 4 is 28.4 Å². The van der Waals surface area contributed by atoms with E-state index in [1.54, 1.807) is 0 Å². The van der Waals surface area contributed by atoms with Crippen LogP contribution in [0.5, 0.6) is 0 Å². The second kappa shape index (κ2) is 7.29. The summed E-state index contributed by atoms with van der Waals surface area (Å²) in [5.74, 6) is -0.0650. The lowest BCUT2D eigenvalue weighted by Gasteiger charge is -2.46. The monoisotopic (exact) mass is 441 g/mol. The van der Waals surface area contributed by atoms with Crippen molar-refractivity contribution in [2.24, 2.45) is 0 Å². The van der Waals surface area contributed by atoms with Gasteiger partial charge in [-0.3, -0.25) is 14.7 Å². The van der Waals surface area contributed by atoms with E-state index in [0.717, 1.165) is 46.3 Å². The summed E-state index contributed by atoms with van der Waals surface area (Å²) < 4.78 is 7.09. The van der Waals surface area contributed by atoms with Crippen molar-refractivity contribution < 1.29 is 4.74 Å². The van der Waals surface area contributed by atoms with Crippen molar-refractivity contribution in [2.75, 3.05) is 14.7 Å². The van der Waals surface area contributed by atoms with Gasteiger partial charge in [-0.15, -0.1) is 0 Å². The molecule has 0 amide bonds. The molecule has 3 aliphatic rings. The highest BCUT2D eigenvalue weighted by Gasteiger charge is 2.63. The molecular formula is C30H23N3O. The van der Waals surface area contributed by atoms with Gasteiger partial charge >= 0.3 is 5.97 Å².